The molecule has 1 fully saturated rings. The summed E-state index contributed by atoms with van der Waals surface area (Å²) in [6, 6.07) is 13.2. The quantitative estimate of drug-likeness (QED) is 0.716. The van der Waals surface area contributed by atoms with Crippen molar-refractivity contribution in [2.45, 2.75) is 6.10 Å². The molecule has 8 heteroatoms. The van der Waals surface area contributed by atoms with Gasteiger partial charge in [0.1, 0.15) is 6.61 Å². The number of benzene rings is 2. The number of ether oxygens (including phenoxy) is 2. The van der Waals surface area contributed by atoms with E-state index in [1.165, 1.54) is 0 Å². The molecule has 1 saturated heterocycles. The SMILES string of the molecule is CN1CCN(c2nc3ccc(NC(=O)[C@H]4COc5ccccc5O4)cc3s2)CC1. The number of hydrogen-bond acceptors (Lipinski definition) is 7. The van der Waals surface area contributed by atoms with Crippen LogP contribution in [0.4, 0.5) is 10.8 Å². The van der Waals surface area contributed by atoms with Crippen LogP contribution in [0.1, 0.15) is 0 Å². The smallest absolute Gasteiger partial charge is 0.269 e. The Bertz CT molecular complexity index is 1050. The Morgan fingerprint density at radius 1 is 1.14 bits per heavy atom. The van der Waals surface area contributed by atoms with Crippen LogP contribution < -0.4 is 19.7 Å². The number of aromatic nitrogens is 1. The van der Waals surface area contributed by atoms with E-state index < -0.39 is 6.10 Å². The van der Waals surface area contributed by atoms with Crippen LogP contribution in [-0.2, 0) is 4.79 Å². The summed E-state index contributed by atoms with van der Waals surface area (Å²) in [5.74, 6) is 1.04. The van der Waals surface area contributed by atoms with E-state index in [0.29, 0.717) is 11.5 Å². The first kappa shape index (κ1) is 18.2. The summed E-state index contributed by atoms with van der Waals surface area (Å²) in [5, 5.41) is 3.98. The van der Waals surface area contributed by atoms with Crippen LogP contribution in [0.5, 0.6) is 11.5 Å². The third-order valence-electron chi connectivity index (χ3n) is 5.22. The van der Waals surface area contributed by atoms with Gasteiger partial charge in [0.15, 0.2) is 16.6 Å². The monoisotopic (exact) mass is 410 g/mol. The maximum Gasteiger partial charge on any atom is 0.269 e. The zero-order chi connectivity index (χ0) is 19.8. The highest BCUT2D eigenvalue weighted by atomic mass is 32.1. The number of nitrogens with one attached hydrogen (secondary N) is 1. The molecule has 1 N–H and O–H groups in total. The average Bonchev–Trinajstić information content (AvgIpc) is 3.17. The lowest BCUT2D eigenvalue weighted by Gasteiger charge is -2.31. The summed E-state index contributed by atoms with van der Waals surface area (Å²) < 4.78 is 12.5. The van der Waals surface area contributed by atoms with E-state index in [2.05, 4.69) is 22.2 Å². The topological polar surface area (TPSA) is 66.9 Å². The Kier molecular flexibility index (Phi) is 4.73. The molecule has 5 rings (SSSR count). The zero-order valence-electron chi connectivity index (χ0n) is 16.1. The van der Waals surface area contributed by atoms with E-state index >= 15 is 0 Å². The molecule has 2 aliphatic heterocycles. The Labute approximate surface area is 172 Å². The lowest BCUT2D eigenvalue weighted by atomic mass is 10.2. The van der Waals surface area contributed by atoms with Gasteiger partial charge >= 0.3 is 0 Å². The van der Waals surface area contributed by atoms with Gasteiger partial charge in [0.25, 0.3) is 5.91 Å². The summed E-state index contributed by atoms with van der Waals surface area (Å²) in [6.07, 6.45) is -0.678. The van der Waals surface area contributed by atoms with Crippen LogP contribution in [0.3, 0.4) is 0 Å². The highest BCUT2D eigenvalue weighted by molar-refractivity contribution is 7.22. The number of rotatable bonds is 3. The number of fused-ring (bicyclic) bond motifs is 2. The molecule has 0 unspecified atom stereocenters. The number of carbonyl (C=O) groups excluding carboxylic acids is 1. The fraction of sp³-hybridized carbons (Fsp3) is 0.333. The second kappa shape index (κ2) is 7.53. The molecule has 1 atom stereocenters. The molecule has 1 amide bonds. The van der Waals surface area contributed by atoms with E-state index in [1.807, 2.05) is 36.4 Å². The van der Waals surface area contributed by atoms with Crippen LogP contribution in [0, 0.1) is 0 Å². The van der Waals surface area contributed by atoms with Gasteiger partial charge < -0.3 is 24.6 Å². The van der Waals surface area contributed by atoms with Crippen molar-refractivity contribution < 1.29 is 14.3 Å². The first-order valence-electron chi connectivity index (χ1n) is 9.69. The number of piperazine rings is 1. The first-order chi connectivity index (χ1) is 14.2. The minimum absolute atomic E-state index is 0.194. The lowest BCUT2D eigenvalue weighted by molar-refractivity contribution is -0.125. The van der Waals surface area contributed by atoms with Crippen molar-refractivity contribution in [1.82, 2.24) is 9.88 Å². The number of para-hydroxylation sites is 2. The normalized spacial score (nSPS) is 19.3. The van der Waals surface area contributed by atoms with E-state index in [-0.39, 0.29) is 12.5 Å². The van der Waals surface area contributed by atoms with Crippen LogP contribution in [0.25, 0.3) is 10.2 Å². The second-order valence-corrected chi connectivity index (χ2v) is 8.33. The van der Waals surface area contributed by atoms with E-state index in [9.17, 15) is 4.79 Å². The van der Waals surface area contributed by atoms with Crippen molar-refractivity contribution in [3.63, 3.8) is 0 Å². The minimum Gasteiger partial charge on any atom is -0.485 e. The number of likely N-dealkylation sites (N-methyl/N-ethyl adjacent to an activating group) is 1. The van der Waals surface area contributed by atoms with Gasteiger partial charge in [-0.3, -0.25) is 4.79 Å². The van der Waals surface area contributed by atoms with Crippen molar-refractivity contribution >= 4 is 38.3 Å². The number of thiazole rings is 1. The van der Waals surface area contributed by atoms with Crippen molar-refractivity contribution in [1.29, 1.82) is 0 Å². The van der Waals surface area contributed by atoms with E-state index in [1.54, 1.807) is 17.4 Å². The molecule has 0 aliphatic carbocycles. The summed E-state index contributed by atoms with van der Waals surface area (Å²) in [5.41, 5.74) is 1.69. The molecule has 3 aromatic rings. The standard InChI is InChI=1S/C21H22N4O3S/c1-24-8-10-25(11-9-24)21-23-15-7-6-14(12-19(15)29-21)22-20(26)18-13-27-16-4-2-3-5-17(16)28-18/h2-7,12,18H,8-11,13H2,1H3,(H,22,26)/t18-/m1/s1. The highest BCUT2D eigenvalue weighted by Crippen LogP contribution is 2.33. The fourth-order valence-corrected chi connectivity index (χ4v) is 4.55. The van der Waals surface area contributed by atoms with Gasteiger partial charge in [-0.15, -0.1) is 0 Å². The molecule has 150 valence electrons. The van der Waals surface area contributed by atoms with Crippen LogP contribution in [-0.4, -0.2) is 61.7 Å². The van der Waals surface area contributed by atoms with Gasteiger partial charge in [-0.05, 0) is 37.4 Å². The van der Waals surface area contributed by atoms with E-state index in [0.717, 1.165) is 47.2 Å². The summed E-state index contributed by atoms with van der Waals surface area (Å²) >= 11 is 1.66. The fourth-order valence-electron chi connectivity index (χ4n) is 3.49. The Hall–Kier alpha value is -2.84. The molecule has 0 bridgehead atoms. The van der Waals surface area contributed by atoms with Crippen molar-refractivity contribution in [3.8, 4) is 11.5 Å². The number of hydrogen-bond donors (Lipinski definition) is 1. The predicted molar refractivity (Wildman–Crippen MR) is 114 cm³/mol. The van der Waals surface area contributed by atoms with Crippen molar-refractivity contribution in [2.75, 3.05) is 50.1 Å². The van der Waals surface area contributed by atoms with Crippen LogP contribution in [0.15, 0.2) is 42.5 Å². The van der Waals surface area contributed by atoms with E-state index in [4.69, 9.17) is 14.5 Å². The van der Waals surface area contributed by atoms with Gasteiger partial charge in [0, 0.05) is 31.9 Å². The maximum absolute atomic E-state index is 12.7. The molecule has 3 heterocycles. The summed E-state index contributed by atoms with van der Waals surface area (Å²) in [4.78, 5) is 22.1. The predicted octanol–water partition coefficient (Wildman–Crippen LogP) is 2.83. The van der Waals surface area contributed by atoms with Gasteiger partial charge in [0.05, 0.1) is 10.2 Å². The number of amides is 1. The Morgan fingerprint density at radius 2 is 1.93 bits per heavy atom. The van der Waals surface area contributed by atoms with Crippen molar-refractivity contribution in [2.24, 2.45) is 0 Å². The molecule has 2 aliphatic rings. The zero-order valence-corrected chi connectivity index (χ0v) is 16.9. The van der Waals surface area contributed by atoms with Gasteiger partial charge in [-0.2, -0.15) is 0 Å². The Balaban J connectivity index is 1.29. The molecular formula is C21H22N4O3S. The first-order valence-corrected chi connectivity index (χ1v) is 10.5. The van der Waals surface area contributed by atoms with Gasteiger partial charge in [-0.25, -0.2) is 4.98 Å². The average molecular weight is 410 g/mol. The highest BCUT2D eigenvalue weighted by Gasteiger charge is 2.27. The molecule has 0 saturated carbocycles. The third kappa shape index (κ3) is 3.73. The third-order valence-corrected chi connectivity index (χ3v) is 6.30. The molecule has 1 aromatic heterocycles. The Morgan fingerprint density at radius 3 is 2.76 bits per heavy atom. The molecule has 0 spiro atoms. The van der Waals surface area contributed by atoms with Crippen LogP contribution in [0.2, 0.25) is 0 Å². The molecular weight excluding hydrogens is 388 g/mol. The van der Waals surface area contributed by atoms with Crippen LogP contribution >= 0.6 is 11.3 Å². The number of carbonyl (C=O) groups is 1. The molecule has 29 heavy (non-hydrogen) atoms. The minimum atomic E-state index is -0.678. The molecule has 0 radical (unpaired) electrons. The largest absolute Gasteiger partial charge is 0.485 e. The van der Waals surface area contributed by atoms with Gasteiger partial charge in [-0.1, -0.05) is 23.5 Å². The van der Waals surface area contributed by atoms with Gasteiger partial charge in [0.2, 0.25) is 6.10 Å². The van der Waals surface area contributed by atoms with Crippen molar-refractivity contribution in [3.05, 3.63) is 42.5 Å². The molecule has 7 nitrogen and oxygen atoms in total. The number of anilines is 2. The molecule has 2 aromatic carbocycles. The maximum atomic E-state index is 12.7. The lowest BCUT2D eigenvalue weighted by Crippen LogP contribution is -2.44. The second-order valence-electron chi connectivity index (χ2n) is 7.32. The number of nitrogens with zero attached hydrogens (tertiary/aromatic N) is 3. The summed E-state index contributed by atoms with van der Waals surface area (Å²) in [6.45, 7) is 4.26. The summed E-state index contributed by atoms with van der Waals surface area (Å²) in [7, 11) is 2.14.